The number of amides is 1. The molecular formula is C16H16FNO2S. The van der Waals surface area contributed by atoms with E-state index in [1.807, 2.05) is 30.5 Å². The topological polar surface area (TPSA) is 38.3 Å². The molecule has 5 heteroatoms. The molecule has 110 valence electrons. The van der Waals surface area contributed by atoms with Crippen LogP contribution in [-0.2, 0) is 11.3 Å². The molecule has 0 aliphatic carbocycles. The maximum atomic E-state index is 13.3. The molecule has 0 saturated heterocycles. The van der Waals surface area contributed by atoms with Crippen molar-refractivity contribution in [2.24, 2.45) is 0 Å². The molecule has 21 heavy (non-hydrogen) atoms. The van der Waals surface area contributed by atoms with Gasteiger partial charge in [0.1, 0.15) is 0 Å². The Bertz CT molecular complexity index is 601. The lowest BCUT2D eigenvalue weighted by molar-refractivity contribution is -0.123. The molecule has 0 saturated carbocycles. The predicted molar refractivity (Wildman–Crippen MR) is 82.0 cm³/mol. The van der Waals surface area contributed by atoms with E-state index in [0.717, 1.165) is 5.56 Å². The van der Waals surface area contributed by atoms with E-state index in [1.54, 1.807) is 23.9 Å². The smallest absolute Gasteiger partial charge is 0.258 e. The van der Waals surface area contributed by atoms with Gasteiger partial charge in [-0.2, -0.15) is 0 Å². The molecule has 2 aromatic rings. The van der Waals surface area contributed by atoms with Gasteiger partial charge in [-0.15, -0.1) is 11.8 Å². The molecule has 2 rings (SSSR count). The number of halogens is 1. The van der Waals surface area contributed by atoms with Gasteiger partial charge in [-0.05, 0) is 36.1 Å². The fourth-order valence-electron chi connectivity index (χ4n) is 1.70. The van der Waals surface area contributed by atoms with Gasteiger partial charge in [-0.3, -0.25) is 4.79 Å². The number of benzene rings is 2. The van der Waals surface area contributed by atoms with Crippen LogP contribution in [0, 0.1) is 5.82 Å². The number of carbonyl (C=O) groups excluding carboxylic acids is 1. The second-order valence-corrected chi connectivity index (χ2v) is 5.22. The minimum Gasteiger partial charge on any atom is -0.481 e. The first-order chi connectivity index (χ1) is 10.2. The van der Waals surface area contributed by atoms with Gasteiger partial charge in [0.05, 0.1) is 0 Å². The van der Waals surface area contributed by atoms with Gasteiger partial charge in [-0.1, -0.05) is 24.3 Å². The number of thioether (sulfide) groups is 1. The van der Waals surface area contributed by atoms with Gasteiger partial charge < -0.3 is 10.1 Å². The van der Waals surface area contributed by atoms with E-state index in [2.05, 4.69) is 5.32 Å². The van der Waals surface area contributed by atoms with E-state index in [9.17, 15) is 9.18 Å². The monoisotopic (exact) mass is 305 g/mol. The van der Waals surface area contributed by atoms with Crippen LogP contribution < -0.4 is 10.1 Å². The van der Waals surface area contributed by atoms with Crippen LogP contribution >= 0.6 is 11.8 Å². The Hall–Kier alpha value is -2.01. The highest BCUT2D eigenvalue weighted by atomic mass is 32.2. The van der Waals surface area contributed by atoms with Gasteiger partial charge in [-0.25, -0.2) is 4.39 Å². The number of carbonyl (C=O) groups is 1. The van der Waals surface area contributed by atoms with Crippen molar-refractivity contribution in [1.82, 2.24) is 5.32 Å². The molecule has 0 aromatic heterocycles. The van der Waals surface area contributed by atoms with Crippen molar-refractivity contribution in [3.63, 3.8) is 0 Å². The highest BCUT2D eigenvalue weighted by Gasteiger charge is 2.06. The minimum absolute atomic E-state index is 0.0805. The van der Waals surface area contributed by atoms with Crippen molar-refractivity contribution >= 4 is 17.7 Å². The van der Waals surface area contributed by atoms with Crippen LogP contribution in [0.4, 0.5) is 4.39 Å². The summed E-state index contributed by atoms with van der Waals surface area (Å²) >= 11 is 1.67. The third-order valence-electron chi connectivity index (χ3n) is 2.84. The Balaban J connectivity index is 1.78. The molecule has 0 heterocycles. The summed E-state index contributed by atoms with van der Waals surface area (Å²) in [6, 6.07) is 13.9. The van der Waals surface area contributed by atoms with Gasteiger partial charge in [0.15, 0.2) is 18.2 Å². The van der Waals surface area contributed by atoms with Crippen molar-refractivity contribution in [2.75, 3.05) is 12.9 Å². The number of nitrogens with one attached hydrogen (secondary N) is 1. The van der Waals surface area contributed by atoms with Gasteiger partial charge in [0.25, 0.3) is 5.91 Å². The van der Waals surface area contributed by atoms with Gasteiger partial charge in [0, 0.05) is 11.4 Å². The summed E-state index contributed by atoms with van der Waals surface area (Å²) in [5.74, 6) is -0.679. The minimum atomic E-state index is -0.474. The van der Waals surface area contributed by atoms with Crippen LogP contribution in [0.15, 0.2) is 53.4 Å². The Kier molecular flexibility index (Phi) is 5.63. The van der Waals surface area contributed by atoms with Gasteiger partial charge >= 0.3 is 0 Å². The molecule has 0 radical (unpaired) electrons. The molecule has 0 unspecified atom stereocenters. The molecule has 0 atom stereocenters. The zero-order valence-corrected chi connectivity index (χ0v) is 12.5. The lowest BCUT2D eigenvalue weighted by Gasteiger charge is -2.08. The SMILES string of the molecule is CSc1ccc(CNC(=O)COc2ccccc2F)cc1. The summed E-state index contributed by atoms with van der Waals surface area (Å²) < 4.78 is 18.4. The zero-order chi connectivity index (χ0) is 15.1. The third kappa shape index (κ3) is 4.79. The van der Waals surface area contributed by atoms with E-state index < -0.39 is 5.82 Å². The maximum Gasteiger partial charge on any atom is 0.258 e. The number of hydrogen-bond donors (Lipinski definition) is 1. The summed E-state index contributed by atoms with van der Waals surface area (Å²) in [7, 11) is 0. The highest BCUT2D eigenvalue weighted by molar-refractivity contribution is 7.98. The van der Waals surface area contributed by atoms with E-state index in [-0.39, 0.29) is 18.3 Å². The molecule has 0 aliphatic heterocycles. The predicted octanol–water partition coefficient (Wildman–Crippen LogP) is 3.24. The van der Waals surface area contributed by atoms with Crippen LogP contribution in [0.3, 0.4) is 0 Å². The summed E-state index contributed by atoms with van der Waals surface area (Å²) in [5.41, 5.74) is 1.01. The van der Waals surface area contributed by atoms with E-state index in [0.29, 0.717) is 6.54 Å². The number of ether oxygens (including phenoxy) is 1. The van der Waals surface area contributed by atoms with E-state index in [1.165, 1.54) is 17.0 Å². The first-order valence-corrected chi connectivity index (χ1v) is 7.68. The Morgan fingerprint density at radius 3 is 2.57 bits per heavy atom. The van der Waals surface area contributed by atoms with Crippen LogP contribution in [0.5, 0.6) is 5.75 Å². The second kappa shape index (κ2) is 7.69. The molecule has 3 nitrogen and oxygen atoms in total. The molecule has 1 N–H and O–H groups in total. The molecular weight excluding hydrogens is 289 g/mol. The lowest BCUT2D eigenvalue weighted by Crippen LogP contribution is -2.28. The van der Waals surface area contributed by atoms with E-state index in [4.69, 9.17) is 4.74 Å². The van der Waals surface area contributed by atoms with Crippen LogP contribution in [-0.4, -0.2) is 18.8 Å². The molecule has 0 spiro atoms. The molecule has 0 fully saturated rings. The van der Waals surface area contributed by atoms with Crippen molar-refractivity contribution < 1.29 is 13.9 Å². The van der Waals surface area contributed by atoms with Crippen molar-refractivity contribution in [3.8, 4) is 5.75 Å². The largest absolute Gasteiger partial charge is 0.481 e. The lowest BCUT2D eigenvalue weighted by atomic mass is 10.2. The first-order valence-electron chi connectivity index (χ1n) is 6.46. The molecule has 0 aliphatic rings. The maximum absolute atomic E-state index is 13.3. The number of rotatable bonds is 6. The third-order valence-corrected chi connectivity index (χ3v) is 3.59. The Morgan fingerprint density at radius 2 is 1.90 bits per heavy atom. The number of para-hydroxylation sites is 1. The Labute approximate surface area is 127 Å². The van der Waals surface area contributed by atoms with Crippen LogP contribution in [0.2, 0.25) is 0 Å². The second-order valence-electron chi connectivity index (χ2n) is 4.34. The fourth-order valence-corrected chi connectivity index (χ4v) is 2.11. The van der Waals surface area contributed by atoms with Crippen LogP contribution in [0.25, 0.3) is 0 Å². The van der Waals surface area contributed by atoms with Crippen LogP contribution in [0.1, 0.15) is 5.56 Å². The Morgan fingerprint density at radius 1 is 1.19 bits per heavy atom. The summed E-state index contributed by atoms with van der Waals surface area (Å²) in [6.45, 7) is 0.220. The highest BCUT2D eigenvalue weighted by Crippen LogP contribution is 2.15. The standard InChI is InChI=1S/C16H16FNO2S/c1-21-13-8-6-12(7-9-13)10-18-16(19)11-20-15-5-3-2-4-14(15)17/h2-9H,10-11H2,1H3,(H,18,19). The van der Waals surface area contributed by atoms with Crippen molar-refractivity contribution in [3.05, 3.63) is 59.9 Å². The molecule has 0 bridgehead atoms. The normalized spacial score (nSPS) is 10.2. The van der Waals surface area contributed by atoms with Crippen molar-refractivity contribution in [2.45, 2.75) is 11.4 Å². The average molecular weight is 305 g/mol. The quantitative estimate of drug-likeness (QED) is 0.833. The van der Waals surface area contributed by atoms with Crippen molar-refractivity contribution in [1.29, 1.82) is 0 Å². The molecule has 2 aromatic carbocycles. The summed E-state index contributed by atoms with van der Waals surface area (Å²) in [5, 5.41) is 2.73. The summed E-state index contributed by atoms with van der Waals surface area (Å²) in [6.07, 6.45) is 2.01. The summed E-state index contributed by atoms with van der Waals surface area (Å²) in [4.78, 5) is 12.8. The fraction of sp³-hybridized carbons (Fsp3) is 0.188. The first kappa shape index (κ1) is 15.4. The number of hydrogen-bond acceptors (Lipinski definition) is 3. The average Bonchev–Trinajstić information content (AvgIpc) is 2.52. The molecule has 1 amide bonds. The van der Waals surface area contributed by atoms with Gasteiger partial charge in [0.2, 0.25) is 0 Å². The van der Waals surface area contributed by atoms with E-state index >= 15 is 0 Å². The zero-order valence-electron chi connectivity index (χ0n) is 11.6.